The quantitative estimate of drug-likeness (QED) is 0.398. The standard InChI is InChI=1S/C28H30N4O4/c1-18-16-24(19(2)31(18)17-22-12-8-6-9-13-22)28(35)36-21(4)26(33)29-25-20(3)30(5)32(27(25)34)23-14-10-7-11-15-23/h6-16,21H,17H2,1-5H3,(H,29,33). The zero-order chi connectivity index (χ0) is 26.0. The summed E-state index contributed by atoms with van der Waals surface area (Å²) in [6.45, 7) is 7.65. The molecule has 0 spiro atoms. The average Bonchev–Trinajstić information content (AvgIpc) is 3.27. The van der Waals surface area contributed by atoms with Gasteiger partial charge in [0.15, 0.2) is 6.10 Å². The number of para-hydroxylation sites is 1. The Labute approximate surface area is 209 Å². The minimum Gasteiger partial charge on any atom is -0.449 e. The van der Waals surface area contributed by atoms with Crippen molar-refractivity contribution < 1.29 is 14.3 Å². The molecule has 2 heterocycles. The smallest absolute Gasteiger partial charge is 0.340 e. The maximum atomic E-state index is 13.1. The Bertz CT molecular complexity index is 1460. The largest absolute Gasteiger partial charge is 0.449 e. The number of aryl methyl sites for hydroxylation is 1. The minimum absolute atomic E-state index is 0.148. The van der Waals surface area contributed by atoms with Crippen molar-refractivity contribution in [2.45, 2.75) is 40.3 Å². The molecule has 8 heteroatoms. The van der Waals surface area contributed by atoms with Crippen LogP contribution >= 0.6 is 0 Å². The molecule has 0 saturated carbocycles. The number of anilines is 1. The number of amides is 1. The molecule has 0 aliphatic heterocycles. The summed E-state index contributed by atoms with van der Waals surface area (Å²) in [6.07, 6.45) is -1.10. The third kappa shape index (κ3) is 4.75. The maximum absolute atomic E-state index is 13.1. The van der Waals surface area contributed by atoms with E-state index in [1.807, 2.05) is 79.1 Å². The topological polar surface area (TPSA) is 87.3 Å². The number of ether oxygens (including phenoxy) is 1. The molecule has 1 unspecified atom stereocenters. The highest BCUT2D eigenvalue weighted by molar-refractivity contribution is 5.98. The molecular formula is C28H30N4O4. The van der Waals surface area contributed by atoms with Gasteiger partial charge in [-0.3, -0.25) is 14.3 Å². The fourth-order valence-corrected chi connectivity index (χ4v) is 4.23. The number of rotatable bonds is 7. The molecule has 0 bridgehead atoms. The molecule has 0 saturated heterocycles. The third-order valence-electron chi connectivity index (χ3n) is 6.43. The molecule has 0 aliphatic rings. The van der Waals surface area contributed by atoms with Gasteiger partial charge in [-0.05, 0) is 51.5 Å². The summed E-state index contributed by atoms with van der Waals surface area (Å²) in [5.74, 6) is -1.16. The number of aromatic nitrogens is 3. The lowest BCUT2D eigenvalue weighted by molar-refractivity contribution is -0.123. The van der Waals surface area contributed by atoms with E-state index in [1.165, 1.54) is 11.6 Å². The van der Waals surface area contributed by atoms with Crippen LogP contribution in [0.5, 0.6) is 0 Å². The van der Waals surface area contributed by atoms with Gasteiger partial charge in [-0.15, -0.1) is 0 Å². The number of nitrogens with zero attached hydrogens (tertiary/aromatic N) is 3. The second-order valence-corrected chi connectivity index (χ2v) is 8.83. The van der Waals surface area contributed by atoms with Crippen LogP contribution in [0, 0.1) is 20.8 Å². The highest BCUT2D eigenvalue weighted by atomic mass is 16.5. The molecular weight excluding hydrogens is 456 g/mol. The van der Waals surface area contributed by atoms with Crippen LogP contribution < -0.4 is 10.9 Å². The molecule has 2 aromatic carbocycles. The van der Waals surface area contributed by atoms with Crippen LogP contribution in [-0.4, -0.2) is 31.9 Å². The van der Waals surface area contributed by atoms with Gasteiger partial charge in [-0.25, -0.2) is 9.48 Å². The van der Waals surface area contributed by atoms with Gasteiger partial charge >= 0.3 is 5.97 Å². The number of hydrogen-bond donors (Lipinski definition) is 1. The lowest BCUT2D eigenvalue weighted by atomic mass is 10.2. The van der Waals surface area contributed by atoms with E-state index in [-0.39, 0.29) is 11.2 Å². The molecule has 1 amide bonds. The van der Waals surface area contributed by atoms with Crippen molar-refractivity contribution in [2.75, 3.05) is 5.32 Å². The molecule has 0 aliphatic carbocycles. The summed E-state index contributed by atoms with van der Waals surface area (Å²) in [6, 6.07) is 20.9. The van der Waals surface area contributed by atoms with Crippen LogP contribution in [0.1, 0.15) is 39.9 Å². The normalized spacial score (nSPS) is 11.8. The van der Waals surface area contributed by atoms with Crippen LogP contribution in [-0.2, 0) is 23.1 Å². The second-order valence-electron chi connectivity index (χ2n) is 8.83. The van der Waals surface area contributed by atoms with Crippen LogP contribution in [0.4, 0.5) is 5.69 Å². The highest BCUT2D eigenvalue weighted by Crippen LogP contribution is 2.19. The summed E-state index contributed by atoms with van der Waals surface area (Å²) in [7, 11) is 1.74. The Morgan fingerprint density at radius 2 is 1.56 bits per heavy atom. The molecule has 0 radical (unpaired) electrons. The fourth-order valence-electron chi connectivity index (χ4n) is 4.23. The monoisotopic (exact) mass is 486 g/mol. The first-order valence-electron chi connectivity index (χ1n) is 11.8. The number of hydrogen-bond acceptors (Lipinski definition) is 4. The summed E-state index contributed by atoms with van der Waals surface area (Å²) < 4.78 is 10.7. The Morgan fingerprint density at radius 1 is 0.944 bits per heavy atom. The van der Waals surface area contributed by atoms with Crippen molar-refractivity contribution in [1.29, 1.82) is 0 Å². The van der Waals surface area contributed by atoms with Gasteiger partial charge in [-0.1, -0.05) is 48.5 Å². The van der Waals surface area contributed by atoms with Crippen LogP contribution in [0.25, 0.3) is 5.69 Å². The number of nitrogens with one attached hydrogen (secondary N) is 1. The first-order chi connectivity index (χ1) is 17.2. The van der Waals surface area contributed by atoms with Crippen molar-refractivity contribution >= 4 is 17.6 Å². The predicted octanol–water partition coefficient (Wildman–Crippen LogP) is 4.14. The van der Waals surface area contributed by atoms with Crippen molar-refractivity contribution in [1.82, 2.24) is 13.9 Å². The Balaban J connectivity index is 1.49. The SMILES string of the molecule is Cc1cc(C(=O)OC(C)C(=O)Nc2c(C)n(C)n(-c3ccccc3)c2=O)c(C)n1Cc1ccccc1. The zero-order valence-electron chi connectivity index (χ0n) is 21.1. The van der Waals surface area contributed by atoms with Crippen LogP contribution in [0.3, 0.4) is 0 Å². The lowest BCUT2D eigenvalue weighted by Crippen LogP contribution is -2.32. The molecule has 36 heavy (non-hydrogen) atoms. The van der Waals surface area contributed by atoms with Gasteiger partial charge in [0.1, 0.15) is 5.69 Å². The van der Waals surface area contributed by atoms with Crippen LogP contribution in [0.2, 0.25) is 0 Å². The molecule has 1 N–H and O–H groups in total. The minimum atomic E-state index is -1.10. The highest BCUT2D eigenvalue weighted by Gasteiger charge is 2.25. The van der Waals surface area contributed by atoms with Crippen molar-refractivity contribution in [3.05, 3.63) is 105 Å². The van der Waals surface area contributed by atoms with E-state index in [9.17, 15) is 14.4 Å². The molecule has 2 aromatic heterocycles. The first-order valence-corrected chi connectivity index (χ1v) is 11.8. The molecule has 0 fully saturated rings. The van der Waals surface area contributed by atoms with Crippen molar-refractivity contribution in [3.8, 4) is 5.69 Å². The Kier molecular flexibility index (Phi) is 6.96. The summed E-state index contributed by atoms with van der Waals surface area (Å²) >= 11 is 0. The van der Waals surface area contributed by atoms with E-state index in [1.54, 1.807) is 24.7 Å². The van der Waals surface area contributed by atoms with E-state index in [0.29, 0.717) is 23.5 Å². The fraction of sp³-hybridized carbons (Fsp3) is 0.250. The van der Waals surface area contributed by atoms with Gasteiger partial charge in [0, 0.05) is 25.0 Å². The lowest BCUT2D eigenvalue weighted by Gasteiger charge is -2.13. The average molecular weight is 487 g/mol. The van der Waals surface area contributed by atoms with Crippen molar-refractivity contribution in [2.24, 2.45) is 7.05 Å². The van der Waals surface area contributed by atoms with Crippen molar-refractivity contribution in [3.63, 3.8) is 0 Å². The molecule has 4 rings (SSSR count). The van der Waals surface area contributed by atoms with E-state index in [4.69, 9.17) is 4.74 Å². The Hall–Kier alpha value is -4.33. The van der Waals surface area contributed by atoms with Gasteiger partial charge in [0.25, 0.3) is 11.5 Å². The third-order valence-corrected chi connectivity index (χ3v) is 6.43. The molecule has 186 valence electrons. The summed E-state index contributed by atoms with van der Waals surface area (Å²) in [5, 5.41) is 2.65. The van der Waals surface area contributed by atoms with E-state index in [2.05, 4.69) is 5.32 Å². The number of benzene rings is 2. The molecule has 4 aromatic rings. The number of carbonyl (C=O) groups excluding carboxylic acids is 2. The first kappa shape index (κ1) is 24.8. The summed E-state index contributed by atoms with van der Waals surface area (Å²) in [4.78, 5) is 38.9. The van der Waals surface area contributed by atoms with Crippen LogP contribution in [0.15, 0.2) is 71.5 Å². The van der Waals surface area contributed by atoms with Gasteiger partial charge in [0.2, 0.25) is 0 Å². The van der Waals surface area contributed by atoms with Gasteiger partial charge < -0.3 is 14.6 Å². The van der Waals surface area contributed by atoms with Gasteiger partial charge in [0.05, 0.1) is 16.9 Å². The zero-order valence-corrected chi connectivity index (χ0v) is 21.1. The van der Waals surface area contributed by atoms with E-state index in [0.717, 1.165) is 17.0 Å². The van der Waals surface area contributed by atoms with E-state index < -0.39 is 18.0 Å². The van der Waals surface area contributed by atoms with E-state index >= 15 is 0 Å². The molecule has 8 nitrogen and oxygen atoms in total. The van der Waals surface area contributed by atoms with Gasteiger partial charge in [-0.2, -0.15) is 0 Å². The number of esters is 1. The predicted molar refractivity (Wildman–Crippen MR) is 139 cm³/mol. The number of carbonyl (C=O) groups is 2. The second kappa shape index (κ2) is 10.1. The Morgan fingerprint density at radius 3 is 2.19 bits per heavy atom. The molecule has 1 atom stereocenters. The maximum Gasteiger partial charge on any atom is 0.340 e. The summed E-state index contributed by atoms with van der Waals surface area (Å²) in [5.41, 5.74) is 4.25.